The summed E-state index contributed by atoms with van der Waals surface area (Å²) in [6.07, 6.45) is 1.04. The smallest absolute Gasteiger partial charge is 0.254 e. The van der Waals surface area contributed by atoms with Crippen LogP contribution in [0, 0.1) is 0 Å². The number of para-hydroxylation sites is 1. The van der Waals surface area contributed by atoms with Crippen LogP contribution in [0.4, 0.5) is 0 Å². The summed E-state index contributed by atoms with van der Waals surface area (Å²) in [4.78, 5) is 28.3. The van der Waals surface area contributed by atoms with E-state index in [1.54, 1.807) is 46.2 Å². The van der Waals surface area contributed by atoms with Crippen molar-refractivity contribution in [1.29, 1.82) is 0 Å². The van der Waals surface area contributed by atoms with Gasteiger partial charge in [0.15, 0.2) is 11.5 Å². The molecule has 2 amide bonds. The summed E-state index contributed by atoms with van der Waals surface area (Å²) in [5, 5.41) is 29.6. The summed E-state index contributed by atoms with van der Waals surface area (Å²) >= 11 is 0. The van der Waals surface area contributed by atoms with Gasteiger partial charge in [0, 0.05) is 37.3 Å². The van der Waals surface area contributed by atoms with Gasteiger partial charge in [0.05, 0.1) is 0 Å². The molecule has 2 fully saturated rings. The number of benzene rings is 2. The van der Waals surface area contributed by atoms with E-state index in [0.717, 1.165) is 0 Å². The van der Waals surface area contributed by atoms with Gasteiger partial charge in [-0.05, 0) is 36.6 Å². The molecule has 0 unspecified atom stereocenters. The molecular formula is C21H22N2O5. The quantitative estimate of drug-likeness (QED) is 0.700. The number of aliphatic hydroxyl groups is 1. The summed E-state index contributed by atoms with van der Waals surface area (Å²) < 4.78 is 0. The Bertz CT molecular complexity index is 913. The van der Waals surface area contributed by atoms with Gasteiger partial charge in [0.25, 0.3) is 11.8 Å². The van der Waals surface area contributed by atoms with E-state index >= 15 is 0 Å². The number of nitrogens with zero attached hydrogens (tertiary/aromatic N) is 2. The van der Waals surface area contributed by atoms with E-state index in [-0.39, 0.29) is 23.3 Å². The third-order valence-corrected chi connectivity index (χ3v) is 5.43. The van der Waals surface area contributed by atoms with Crippen LogP contribution in [0.2, 0.25) is 0 Å². The zero-order valence-electron chi connectivity index (χ0n) is 15.3. The fraction of sp³-hybridized carbons (Fsp3) is 0.333. The van der Waals surface area contributed by atoms with E-state index in [9.17, 15) is 24.9 Å². The average molecular weight is 382 g/mol. The van der Waals surface area contributed by atoms with Crippen LogP contribution in [0.5, 0.6) is 11.5 Å². The predicted molar refractivity (Wildman–Crippen MR) is 102 cm³/mol. The second kappa shape index (κ2) is 6.83. The van der Waals surface area contributed by atoms with Crippen LogP contribution in [-0.2, 0) is 4.79 Å². The molecule has 1 saturated heterocycles. The first-order chi connectivity index (χ1) is 13.4. The molecular weight excluding hydrogens is 360 g/mol. The van der Waals surface area contributed by atoms with Gasteiger partial charge in [0.1, 0.15) is 5.60 Å². The molecule has 1 aliphatic carbocycles. The van der Waals surface area contributed by atoms with Crippen molar-refractivity contribution in [2.75, 3.05) is 26.2 Å². The van der Waals surface area contributed by atoms with E-state index < -0.39 is 5.60 Å². The van der Waals surface area contributed by atoms with Crippen LogP contribution in [0.25, 0.3) is 11.1 Å². The highest BCUT2D eigenvalue weighted by molar-refractivity contribution is 5.95. The molecule has 0 bridgehead atoms. The van der Waals surface area contributed by atoms with Gasteiger partial charge >= 0.3 is 0 Å². The van der Waals surface area contributed by atoms with Crippen molar-refractivity contribution < 1.29 is 24.9 Å². The number of hydrogen-bond donors (Lipinski definition) is 3. The van der Waals surface area contributed by atoms with Crippen LogP contribution in [0.1, 0.15) is 23.2 Å². The molecule has 3 N–H and O–H groups in total. The van der Waals surface area contributed by atoms with Crippen LogP contribution in [-0.4, -0.2) is 68.7 Å². The number of phenolic OH excluding ortho intramolecular Hbond substituents is 2. The second-order valence-corrected chi connectivity index (χ2v) is 7.37. The van der Waals surface area contributed by atoms with Crippen molar-refractivity contribution in [3.05, 3.63) is 48.0 Å². The Kier molecular flexibility index (Phi) is 4.47. The number of amides is 2. The Morgan fingerprint density at radius 1 is 0.857 bits per heavy atom. The topological polar surface area (TPSA) is 101 Å². The van der Waals surface area contributed by atoms with Crippen LogP contribution in [0.3, 0.4) is 0 Å². The number of carbonyl (C=O) groups is 2. The van der Waals surface area contributed by atoms with E-state index in [1.807, 2.05) is 0 Å². The molecule has 0 aromatic heterocycles. The number of rotatable bonds is 3. The summed E-state index contributed by atoms with van der Waals surface area (Å²) in [6.45, 7) is 1.69. The van der Waals surface area contributed by atoms with Crippen LogP contribution < -0.4 is 0 Å². The first-order valence-corrected chi connectivity index (χ1v) is 9.31. The Morgan fingerprint density at radius 2 is 1.46 bits per heavy atom. The van der Waals surface area contributed by atoms with E-state index in [4.69, 9.17) is 0 Å². The molecule has 0 spiro atoms. The molecule has 1 heterocycles. The van der Waals surface area contributed by atoms with Gasteiger partial charge in [-0.3, -0.25) is 9.59 Å². The maximum atomic E-state index is 12.7. The first kappa shape index (κ1) is 18.3. The fourth-order valence-corrected chi connectivity index (χ4v) is 3.48. The van der Waals surface area contributed by atoms with Crippen molar-refractivity contribution in [2.24, 2.45) is 0 Å². The molecule has 2 aromatic carbocycles. The lowest BCUT2D eigenvalue weighted by molar-refractivity contribution is -0.143. The number of aromatic hydroxyl groups is 2. The van der Waals surface area contributed by atoms with Gasteiger partial charge in [-0.25, -0.2) is 0 Å². The lowest BCUT2D eigenvalue weighted by Gasteiger charge is -2.35. The minimum absolute atomic E-state index is 0.121. The third kappa shape index (κ3) is 3.29. The van der Waals surface area contributed by atoms with Gasteiger partial charge < -0.3 is 25.1 Å². The summed E-state index contributed by atoms with van der Waals surface area (Å²) in [6, 6.07) is 11.6. The van der Waals surface area contributed by atoms with Gasteiger partial charge in [0.2, 0.25) is 0 Å². The molecule has 7 nitrogen and oxygen atoms in total. The van der Waals surface area contributed by atoms with Crippen molar-refractivity contribution in [3.63, 3.8) is 0 Å². The summed E-state index contributed by atoms with van der Waals surface area (Å²) in [5.41, 5.74) is 0.533. The molecule has 7 heteroatoms. The molecule has 146 valence electrons. The first-order valence-electron chi connectivity index (χ1n) is 9.31. The lowest BCUT2D eigenvalue weighted by Crippen LogP contribution is -2.53. The fourth-order valence-electron chi connectivity index (χ4n) is 3.48. The standard InChI is InChI=1S/C21H22N2O5/c24-17-3-1-2-16(18(17)25)14-4-6-15(7-5-14)19(26)22-10-12-23(13-11-22)20(27)21(28)8-9-21/h1-7,24-25,28H,8-13H2. The van der Waals surface area contributed by atoms with Crippen molar-refractivity contribution in [2.45, 2.75) is 18.4 Å². The SMILES string of the molecule is O=C(c1ccc(-c2cccc(O)c2O)cc1)N1CCN(C(=O)C2(O)CC2)CC1. The maximum Gasteiger partial charge on any atom is 0.254 e. The van der Waals surface area contributed by atoms with Gasteiger partial charge in [-0.2, -0.15) is 0 Å². The monoisotopic (exact) mass is 382 g/mol. The number of hydrogen-bond acceptors (Lipinski definition) is 5. The van der Waals surface area contributed by atoms with Gasteiger partial charge in [-0.1, -0.05) is 24.3 Å². The highest BCUT2D eigenvalue weighted by atomic mass is 16.3. The number of carbonyl (C=O) groups excluding carboxylic acids is 2. The molecule has 0 atom stereocenters. The molecule has 28 heavy (non-hydrogen) atoms. The highest BCUT2D eigenvalue weighted by Crippen LogP contribution is 2.37. The number of phenols is 2. The Morgan fingerprint density at radius 3 is 2.07 bits per heavy atom. The zero-order valence-corrected chi connectivity index (χ0v) is 15.3. The third-order valence-electron chi connectivity index (χ3n) is 5.43. The predicted octanol–water partition coefficient (Wildman–Crippen LogP) is 1.57. The summed E-state index contributed by atoms with van der Waals surface area (Å²) in [5.74, 6) is -0.737. The van der Waals surface area contributed by atoms with Crippen molar-refractivity contribution in [1.82, 2.24) is 9.80 Å². The molecule has 0 radical (unpaired) electrons. The Balaban J connectivity index is 1.42. The lowest BCUT2D eigenvalue weighted by atomic mass is 10.0. The minimum Gasteiger partial charge on any atom is -0.504 e. The van der Waals surface area contributed by atoms with Crippen molar-refractivity contribution in [3.8, 4) is 22.6 Å². The maximum absolute atomic E-state index is 12.7. The Hall–Kier alpha value is -3.06. The molecule has 2 aliphatic rings. The van der Waals surface area contributed by atoms with E-state index in [1.165, 1.54) is 6.07 Å². The second-order valence-electron chi connectivity index (χ2n) is 7.37. The molecule has 1 aliphatic heterocycles. The van der Waals surface area contributed by atoms with Crippen LogP contribution >= 0.6 is 0 Å². The van der Waals surface area contributed by atoms with Crippen LogP contribution in [0.15, 0.2) is 42.5 Å². The molecule has 4 rings (SSSR count). The normalized spacial score (nSPS) is 18.0. The van der Waals surface area contributed by atoms with Crippen molar-refractivity contribution >= 4 is 11.8 Å². The highest BCUT2D eigenvalue weighted by Gasteiger charge is 2.50. The summed E-state index contributed by atoms with van der Waals surface area (Å²) in [7, 11) is 0. The molecule has 2 aromatic rings. The van der Waals surface area contributed by atoms with Gasteiger partial charge in [-0.15, -0.1) is 0 Å². The Labute approximate surface area is 162 Å². The average Bonchev–Trinajstić information content (AvgIpc) is 3.48. The number of piperazine rings is 1. The minimum atomic E-state index is -1.17. The van der Waals surface area contributed by atoms with E-state index in [0.29, 0.717) is 55.7 Å². The van der Waals surface area contributed by atoms with E-state index in [2.05, 4.69) is 0 Å². The zero-order chi connectivity index (χ0) is 19.9. The molecule has 1 saturated carbocycles. The largest absolute Gasteiger partial charge is 0.504 e.